The first-order valence-corrected chi connectivity index (χ1v) is 11.0. The molecule has 0 radical (unpaired) electrons. The molecule has 0 saturated carbocycles. The van der Waals surface area contributed by atoms with Gasteiger partial charge in [-0.25, -0.2) is 0 Å². The first-order chi connectivity index (χ1) is 12.7. The largest absolute Gasteiger partial charge is 0.459 e. The molecule has 0 bridgehead atoms. The molecule has 2 atom stereocenters. The summed E-state index contributed by atoms with van der Waals surface area (Å²) >= 11 is 0. The van der Waals surface area contributed by atoms with Crippen molar-refractivity contribution in [2.45, 2.75) is 126 Å². The Morgan fingerprint density at radius 1 is 0.966 bits per heavy atom. The van der Waals surface area contributed by atoms with Gasteiger partial charge < -0.3 is 15.2 Å². The Labute approximate surface area is 179 Å². The Balaban J connectivity index is 5.44. The van der Waals surface area contributed by atoms with E-state index in [-0.39, 0.29) is 29.6 Å². The number of nitrogens with one attached hydrogen (secondary N) is 1. The van der Waals surface area contributed by atoms with Crippen molar-refractivity contribution in [1.82, 2.24) is 5.32 Å². The van der Waals surface area contributed by atoms with Gasteiger partial charge in [0.25, 0.3) is 0 Å². The third-order valence-electron chi connectivity index (χ3n) is 6.10. The molecule has 0 rings (SSSR count). The van der Waals surface area contributed by atoms with Gasteiger partial charge in [-0.1, -0.05) is 34.6 Å². The van der Waals surface area contributed by atoms with Crippen molar-refractivity contribution in [2.24, 2.45) is 16.7 Å². The van der Waals surface area contributed by atoms with E-state index < -0.39 is 22.7 Å². The summed E-state index contributed by atoms with van der Waals surface area (Å²) in [6, 6.07) is -0.524. The molecule has 0 spiro atoms. The molecular formula is C24H47NO4. The SMILES string of the molecule is CCC(C)NC(CC(C)(C)C(=O)OC(C)(C)CC(C)(C)C(C)C)C(=O)C(C)(C)O. The topological polar surface area (TPSA) is 75.6 Å². The summed E-state index contributed by atoms with van der Waals surface area (Å²) in [5, 5.41) is 13.5. The fraction of sp³-hybridized carbons (Fsp3) is 0.917. The van der Waals surface area contributed by atoms with E-state index in [4.69, 9.17) is 4.74 Å². The van der Waals surface area contributed by atoms with Crippen molar-refractivity contribution in [3.8, 4) is 0 Å². The molecule has 0 heterocycles. The van der Waals surface area contributed by atoms with Crippen molar-refractivity contribution in [2.75, 3.05) is 0 Å². The highest BCUT2D eigenvalue weighted by Crippen LogP contribution is 2.38. The van der Waals surface area contributed by atoms with Gasteiger partial charge in [0.2, 0.25) is 0 Å². The first kappa shape index (κ1) is 28.1. The summed E-state index contributed by atoms with van der Waals surface area (Å²) in [5.41, 5.74) is -2.91. The van der Waals surface area contributed by atoms with Gasteiger partial charge in [-0.2, -0.15) is 0 Å². The zero-order valence-electron chi connectivity index (χ0n) is 21.0. The molecule has 0 aliphatic carbocycles. The van der Waals surface area contributed by atoms with Gasteiger partial charge in [-0.15, -0.1) is 0 Å². The van der Waals surface area contributed by atoms with Crippen molar-refractivity contribution in [3.63, 3.8) is 0 Å². The van der Waals surface area contributed by atoms with Crippen LogP contribution in [0.25, 0.3) is 0 Å². The van der Waals surface area contributed by atoms with E-state index in [1.54, 1.807) is 0 Å². The average Bonchev–Trinajstić information content (AvgIpc) is 2.50. The molecule has 2 unspecified atom stereocenters. The molecule has 29 heavy (non-hydrogen) atoms. The third-order valence-corrected chi connectivity index (χ3v) is 6.10. The van der Waals surface area contributed by atoms with Gasteiger partial charge >= 0.3 is 5.97 Å². The monoisotopic (exact) mass is 413 g/mol. The van der Waals surface area contributed by atoms with Crippen molar-refractivity contribution in [3.05, 3.63) is 0 Å². The molecule has 0 saturated heterocycles. The van der Waals surface area contributed by atoms with Crippen LogP contribution in [0.1, 0.15) is 102 Å². The molecule has 172 valence electrons. The molecule has 0 aromatic carbocycles. The molecule has 2 N–H and O–H groups in total. The van der Waals surface area contributed by atoms with Crippen LogP contribution in [0.3, 0.4) is 0 Å². The summed E-state index contributed by atoms with van der Waals surface area (Å²) in [7, 11) is 0. The van der Waals surface area contributed by atoms with Crippen LogP contribution in [0.4, 0.5) is 0 Å². The first-order valence-electron chi connectivity index (χ1n) is 11.0. The van der Waals surface area contributed by atoms with E-state index in [9.17, 15) is 14.7 Å². The van der Waals surface area contributed by atoms with E-state index in [0.717, 1.165) is 12.8 Å². The second-order valence-electron chi connectivity index (χ2n) is 11.5. The summed E-state index contributed by atoms with van der Waals surface area (Å²) in [4.78, 5) is 25.9. The summed E-state index contributed by atoms with van der Waals surface area (Å²) in [6.45, 7) is 23.2. The number of carbonyl (C=O) groups is 2. The maximum Gasteiger partial charge on any atom is 0.312 e. The Morgan fingerprint density at radius 3 is 1.83 bits per heavy atom. The fourth-order valence-corrected chi connectivity index (χ4v) is 3.44. The molecule has 0 aliphatic heterocycles. The van der Waals surface area contributed by atoms with Gasteiger partial charge in [0, 0.05) is 6.04 Å². The predicted molar refractivity (Wildman–Crippen MR) is 120 cm³/mol. The highest BCUT2D eigenvalue weighted by molar-refractivity contribution is 5.91. The number of rotatable bonds is 12. The molecular weight excluding hydrogens is 366 g/mol. The number of hydrogen-bond acceptors (Lipinski definition) is 5. The zero-order valence-corrected chi connectivity index (χ0v) is 21.0. The average molecular weight is 414 g/mol. The van der Waals surface area contributed by atoms with Crippen LogP contribution in [0.5, 0.6) is 0 Å². The maximum absolute atomic E-state index is 13.1. The van der Waals surface area contributed by atoms with Crippen LogP contribution in [-0.4, -0.2) is 40.1 Å². The van der Waals surface area contributed by atoms with Gasteiger partial charge in [0.1, 0.15) is 11.2 Å². The summed E-state index contributed by atoms with van der Waals surface area (Å²) in [6.07, 6.45) is 1.86. The lowest BCUT2D eigenvalue weighted by Gasteiger charge is -2.39. The van der Waals surface area contributed by atoms with Gasteiger partial charge in [-0.3, -0.25) is 9.59 Å². The predicted octanol–water partition coefficient (Wildman–Crippen LogP) is 4.89. The van der Waals surface area contributed by atoms with Crippen LogP contribution in [0, 0.1) is 16.7 Å². The van der Waals surface area contributed by atoms with E-state index in [1.807, 2.05) is 41.5 Å². The molecule has 0 aromatic heterocycles. The number of aliphatic hydroxyl groups is 1. The highest BCUT2D eigenvalue weighted by atomic mass is 16.6. The standard InChI is InChI=1S/C24H47NO4/c1-13-17(4)25-18(19(26)24(11,12)28)14-21(5,6)20(27)29-23(9,10)15-22(7,8)16(2)3/h16-18,25,28H,13-15H2,1-12H3. The lowest BCUT2D eigenvalue weighted by Crippen LogP contribution is -2.52. The molecule has 0 fully saturated rings. The van der Waals surface area contributed by atoms with Crippen LogP contribution in [0.15, 0.2) is 0 Å². The Hall–Kier alpha value is -0.940. The molecule has 5 nitrogen and oxygen atoms in total. The van der Waals surface area contributed by atoms with Crippen LogP contribution < -0.4 is 5.32 Å². The summed E-state index contributed by atoms with van der Waals surface area (Å²) in [5.74, 6) is -0.164. The quantitative estimate of drug-likeness (QED) is 0.445. The Bertz CT molecular complexity index is 556. The second kappa shape index (κ2) is 9.91. The van der Waals surface area contributed by atoms with E-state index in [0.29, 0.717) is 5.92 Å². The van der Waals surface area contributed by atoms with Crippen molar-refractivity contribution < 1.29 is 19.4 Å². The Kier molecular flexibility index (Phi) is 9.59. The lowest BCUT2D eigenvalue weighted by atomic mass is 9.73. The smallest absolute Gasteiger partial charge is 0.312 e. The van der Waals surface area contributed by atoms with E-state index >= 15 is 0 Å². The number of ketones is 1. The minimum atomic E-state index is -1.47. The minimum Gasteiger partial charge on any atom is -0.459 e. The minimum absolute atomic E-state index is 0.0332. The fourth-order valence-electron chi connectivity index (χ4n) is 3.44. The molecule has 5 heteroatoms. The number of ether oxygens (including phenoxy) is 1. The van der Waals surface area contributed by atoms with E-state index in [2.05, 4.69) is 33.0 Å². The number of Topliss-reactive ketones (excluding diaryl/α,β-unsaturated/α-hetero) is 1. The second-order valence-corrected chi connectivity index (χ2v) is 11.5. The molecule has 0 aliphatic rings. The maximum atomic E-state index is 13.1. The third kappa shape index (κ3) is 9.17. The van der Waals surface area contributed by atoms with E-state index in [1.165, 1.54) is 13.8 Å². The number of carbonyl (C=O) groups excluding carboxylic acids is 2. The Morgan fingerprint density at radius 2 is 1.45 bits per heavy atom. The summed E-state index contributed by atoms with van der Waals surface area (Å²) < 4.78 is 5.95. The van der Waals surface area contributed by atoms with Gasteiger partial charge in [-0.05, 0) is 79.1 Å². The molecule has 0 aromatic rings. The van der Waals surface area contributed by atoms with Gasteiger partial charge in [0.15, 0.2) is 5.78 Å². The van der Waals surface area contributed by atoms with Crippen LogP contribution in [-0.2, 0) is 14.3 Å². The lowest BCUT2D eigenvalue weighted by molar-refractivity contribution is -0.171. The van der Waals surface area contributed by atoms with Gasteiger partial charge in [0.05, 0.1) is 11.5 Å². The van der Waals surface area contributed by atoms with Crippen molar-refractivity contribution >= 4 is 11.8 Å². The zero-order chi connectivity index (χ0) is 23.4. The molecule has 0 amide bonds. The number of esters is 1. The van der Waals surface area contributed by atoms with Crippen molar-refractivity contribution in [1.29, 1.82) is 0 Å². The highest BCUT2D eigenvalue weighted by Gasteiger charge is 2.42. The van der Waals surface area contributed by atoms with Crippen LogP contribution in [0.2, 0.25) is 0 Å². The normalized spacial score (nSPS) is 15.9. The van der Waals surface area contributed by atoms with Crippen LogP contribution >= 0.6 is 0 Å². The number of hydrogen-bond donors (Lipinski definition) is 2.